The fourth-order valence-corrected chi connectivity index (χ4v) is 3.64. The fraction of sp³-hybridized carbons (Fsp3) is 0.929. The molecule has 0 spiro atoms. The number of piperidine rings is 1. The maximum Gasteiger partial charge on any atom is 0.241 e. The molecule has 3 rings (SSSR count). The van der Waals surface area contributed by atoms with E-state index in [2.05, 4.69) is 27.1 Å². The number of nitrogens with zero attached hydrogens (tertiary/aromatic N) is 3. The third kappa shape index (κ3) is 2.93. The molecule has 3 aliphatic heterocycles. The van der Waals surface area contributed by atoms with Gasteiger partial charge in [0.05, 0.1) is 6.04 Å². The van der Waals surface area contributed by atoms with Crippen molar-refractivity contribution in [2.45, 2.75) is 31.3 Å². The highest BCUT2D eigenvalue weighted by atomic mass is 16.2. The fourth-order valence-electron chi connectivity index (χ4n) is 3.64. The lowest BCUT2D eigenvalue weighted by molar-refractivity contribution is -0.138. The average Bonchev–Trinajstić information content (AvgIpc) is 2.46. The van der Waals surface area contributed by atoms with E-state index in [9.17, 15) is 4.79 Å². The van der Waals surface area contributed by atoms with Crippen molar-refractivity contribution in [3.05, 3.63) is 0 Å². The van der Waals surface area contributed by atoms with E-state index in [4.69, 9.17) is 0 Å². The van der Waals surface area contributed by atoms with Crippen molar-refractivity contribution in [2.24, 2.45) is 0 Å². The maximum atomic E-state index is 12.6. The summed E-state index contributed by atoms with van der Waals surface area (Å²) in [6.07, 6.45) is 3.93. The Bertz CT molecular complexity index is 335. The molecule has 3 fully saturated rings. The van der Waals surface area contributed by atoms with Gasteiger partial charge in [0.15, 0.2) is 0 Å². The molecule has 5 heteroatoms. The predicted octanol–water partition coefficient (Wildman–Crippen LogP) is -0.413. The minimum atomic E-state index is 0.00823. The Morgan fingerprint density at radius 2 is 2.00 bits per heavy atom. The van der Waals surface area contributed by atoms with Crippen LogP contribution in [0.5, 0.6) is 0 Å². The van der Waals surface area contributed by atoms with Crippen LogP contribution in [0, 0.1) is 0 Å². The second-order valence-electron chi connectivity index (χ2n) is 6.24. The van der Waals surface area contributed by atoms with Gasteiger partial charge in [-0.15, -0.1) is 0 Å². The van der Waals surface area contributed by atoms with Gasteiger partial charge in [-0.05, 0) is 26.4 Å². The van der Waals surface area contributed by atoms with Crippen LogP contribution in [0.3, 0.4) is 0 Å². The maximum absolute atomic E-state index is 12.6. The summed E-state index contributed by atoms with van der Waals surface area (Å²) < 4.78 is 0. The molecule has 2 atom stereocenters. The molecular weight excluding hydrogens is 240 g/mol. The zero-order valence-electron chi connectivity index (χ0n) is 12.0. The third-order valence-corrected chi connectivity index (χ3v) is 4.83. The summed E-state index contributed by atoms with van der Waals surface area (Å²) in [7, 11) is 2.10. The number of hydrogen-bond donors (Lipinski definition) is 1. The number of piperazine rings is 2. The quantitative estimate of drug-likeness (QED) is 0.700. The number of nitrogens with one attached hydrogen (secondary N) is 1. The first-order valence-corrected chi connectivity index (χ1v) is 7.69. The molecule has 5 nitrogen and oxygen atoms in total. The van der Waals surface area contributed by atoms with E-state index in [1.54, 1.807) is 0 Å². The number of carbonyl (C=O) groups is 1. The molecule has 1 amide bonds. The highest BCUT2D eigenvalue weighted by molar-refractivity contribution is 5.82. The van der Waals surface area contributed by atoms with Crippen molar-refractivity contribution >= 4 is 5.91 Å². The SMILES string of the molecule is CN1CCNC(C(=O)N2CCN3CCCCC3C2)C1. The van der Waals surface area contributed by atoms with Gasteiger partial charge in [-0.1, -0.05) is 6.42 Å². The molecule has 0 aliphatic carbocycles. The molecule has 2 unspecified atom stereocenters. The lowest BCUT2D eigenvalue weighted by atomic mass is 9.99. The lowest BCUT2D eigenvalue weighted by Gasteiger charge is -2.45. The molecule has 19 heavy (non-hydrogen) atoms. The first-order chi connectivity index (χ1) is 9.24. The highest BCUT2D eigenvalue weighted by Crippen LogP contribution is 2.21. The second-order valence-corrected chi connectivity index (χ2v) is 6.24. The first-order valence-electron chi connectivity index (χ1n) is 7.69. The van der Waals surface area contributed by atoms with Crippen LogP contribution in [-0.4, -0.2) is 85.6 Å². The number of fused-ring (bicyclic) bond motifs is 1. The number of likely N-dealkylation sites (N-methyl/N-ethyl adjacent to an activating group) is 1. The summed E-state index contributed by atoms with van der Waals surface area (Å²) in [6.45, 7) is 6.98. The Hall–Kier alpha value is -0.650. The molecule has 3 aliphatic rings. The van der Waals surface area contributed by atoms with Gasteiger partial charge in [0.1, 0.15) is 0 Å². The van der Waals surface area contributed by atoms with Crippen molar-refractivity contribution in [3.63, 3.8) is 0 Å². The van der Waals surface area contributed by atoms with E-state index < -0.39 is 0 Å². The molecule has 1 N–H and O–H groups in total. The molecule has 0 aromatic carbocycles. The van der Waals surface area contributed by atoms with E-state index in [1.807, 2.05) is 0 Å². The van der Waals surface area contributed by atoms with Crippen LogP contribution in [0.25, 0.3) is 0 Å². The van der Waals surface area contributed by atoms with Gasteiger partial charge in [-0.2, -0.15) is 0 Å². The van der Waals surface area contributed by atoms with Gasteiger partial charge in [0.2, 0.25) is 5.91 Å². The van der Waals surface area contributed by atoms with Crippen molar-refractivity contribution in [2.75, 3.05) is 52.9 Å². The van der Waals surface area contributed by atoms with Crippen LogP contribution >= 0.6 is 0 Å². The summed E-state index contributed by atoms with van der Waals surface area (Å²) in [5.41, 5.74) is 0. The van der Waals surface area contributed by atoms with E-state index in [1.165, 1.54) is 25.8 Å². The molecule has 0 aromatic heterocycles. The van der Waals surface area contributed by atoms with Crippen LogP contribution in [0.2, 0.25) is 0 Å². The summed E-state index contributed by atoms with van der Waals surface area (Å²) in [5.74, 6) is 0.316. The first kappa shape index (κ1) is 13.3. The minimum Gasteiger partial charge on any atom is -0.338 e. The van der Waals surface area contributed by atoms with Gasteiger partial charge in [0.25, 0.3) is 0 Å². The zero-order valence-corrected chi connectivity index (χ0v) is 12.0. The molecule has 3 saturated heterocycles. The molecule has 3 heterocycles. The topological polar surface area (TPSA) is 38.8 Å². The average molecular weight is 266 g/mol. The van der Waals surface area contributed by atoms with Crippen LogP contribution in [0.15, 0.2) is 0 Å². The molecule has 0 bridgehead atoms. The summed E-state index contributed by atoms with van der Waals surface area (Å²) >= 11 is 0. The summed E-state index contributed by atoms with van der Waals surface area (Å²) in [5, 5.41) is 3.37. The molecule has 0 radical (unpaired) electrons. The van der Waals surface area contributed by atoms with Gasteiger partial charge < -0.3 is 15.1 Å². The number of carbonyl (C=O) groups excluding carboxylic acids is 1. The van der Waals surface area contributed by atoms with Crippen molar-refractivity contribution < 1.29 is 4.79 Å². The van der Waals surface area contributed by atoms with Gasteiger partial charge >= 0.3 is 0 Å². The molecule has 108 valence electrons. The third-order valence-electron chi connectivity index (χ3n) is 4.83. The Balaban J connectivity index is 1.58. The second kappa shape index (κ2) is 5.77. The normalized spacial score (nSPS) is 34.1. The number of hydrogen-bond acceptors (Lipinski definition) is 4. The molecule has 0 aromatic rings. The van der Waals surface area contributed by atoms with Crippen molar-refractivity contribution in [1.29, 1.82) is 0 Å². The Morgan fingerprint density at radius 1 is 1.11 bits per heavy atom. The van der Waals surface area contributed by atoms with Crippen LogP contribution in [0.4, 0.5) is 0 Å². The van der Waals surface area contributed by atoms with E-state index in [0.717, 1.165) is 39.3 Å². The summed E-state index contributed by atoms with van der Waals surface area (Å²) in [4.78, 5) is 19.5. The lowest BCUT2D eigenvalue weighted by Crippen LogP contribution is -2.62. The predicted molar refractivity (Wildman–Crippen MR) is 75.1 cm³/mol. The Kier molecular flexibility index (Phi) is 4.05. The summed E-state index contributed by atoms with van der Waals surface area (Å²) in [6, 6.07) is 0.627. The van der Waals surface area contributed by atoms with Crippen molar-refractivity contribution in [1.82, 2.24) is 20.0 Å². The van der Waals surface area contributed by atoms with E-state index in [0.29, 0.717) is 11.9 Å². The molecule has 0 saturated carbocycles. The smallest absolute Gasteiger partial charge is 0.241 e. The monoisotopic (exact) mass is 266 g/mol. The van der Waals surface area contributed by atoms with Gasteiger partial charge in [-0.3, -0.25) is 9.69 Å². The minimum absolute atomic E-state index is 0.00823. The van der Waals surface area contributed by atoms with E-state index >= 15 is 0 Å². The Labute approximate surface area is 115 Å². The van der Waals surface area contributed by atoms with Crippen LogP contribution in [0.1, 0.15) is 19.3 Å². The highest BCUT2D eigenvalue weighted by Gasteiger charge is 2.34. The zero-order chi connectivity index (χ0) is 13.2. The Morgan fingerprint density at radius 3 is 2.84 bits per heavy atom. The van der Waals surface area contributed by atoms with Gasteiger partial charge in [0, 0.05) is 45.3 Å². The molecular formula is C14H26N4O. The van der Waals surface area contributed by atoms with Crippen LogP contribution in [-0.2, 0) is 4.79 Å². The number of rotatable bonds is 1. The standard InChI is InChI=1S/C14H26N4O/c1-16-7-5-15-13(11-16)14(19)18-9-8-17-6-3-2-4-12(17)10-18/h12-13,15H,2-11H2,1H3. The largest absolute Gasteiger partial charge is 0.338 e. The van der Waals surface area contributed by atoms with E-state index in [-0.39, 0.29) is 6.04 Å². The van der Waals surface area contributed by atoms with Crippen molar-refractivity contribution in [3.8, 4) is 0 Å². The van der Waals surface area contributed by atoms with Crippen LogP contribution < -0.4 is 5.32 Å². The number of amides is 1. The van der Waals surface area contributed by atoms with Gasteiger partial charge in [-0.25, -0.2) is 0 Å².